The van der Waals surface area contributed by atoms with Gasteiger partial charge in [-0.3, -0.25) is 9.52 Å². The number of hydrogen-bond donors (Lipinski definition) is 2. The fraction of sp³-hybridized carbons (Fsp3) is 0.316. The van der Waals surface area contributed by atoms with Gasteiger partial charge in [-0.1, -0.05) is 30.3 Å². The number of amides is 1. The van der Waals surface area contributed by atoms with Gasteiger partial charge in [-0.15, -0.1) is 0 Å². The van der Waals surface area contributed by atoms with Gasteiger partial charge in [0.05, 0.1) is 12.4 Å². The number of hydrogen-bond acceptors (Lipinski definition) is 4. The molecule has 158 valence electrons. The number of halogens is 3. The third kappa shape index (κ3) is 8.12. The molecule has 0 radical (unpaired) electrons. The first-order valence-electron chi connectivity index (χ1n) is 8.69. The minimum absolute atomic E-state index is 0.0827. The summed E-state index contributed by atoms with van der Waals surface area (Å²) in [5.74, 6) is -0.471. The lowest BCUT2D eigenvalue weighted by Crippen LogP contribution is -2.23. The molecular formula is C19H21F3N2O4S. The van der Waals surface area contributed by atoms with E-state index in [4.69, 9.17) is 0 Å². The van der Waals surface area contributed by atoms with E-state index in [1.165, 1.54) is 13.0 Å². The smallest absolute Gasteiger partial charge is 0.367 e. The predicted octanol–water partition coefficient (Wildman–Crippen LogP) is 3.46. The van der Waals surface area contributed by atoms with Crippen LogP contribution >= 0.6 is 0 Å². The van der Waals surface area contributed by atoms with E-state index in [2.05, 4.69) is 14.8 Å². The Kier molecular flexibility index (Phi) is 7.63. The van der Waals surface area contributed by atoms with E-state index < -0.39 is 22.8 Å². The van der Waals surface area contributed by atoms with Crippen molar-refractivity contribution < 1.29 is 31.1 Å². The molecule has 0 aliphatic rings. The maximum absolute atomic E-state index is 12.3. The third-order valence-electron chi connectivity index (χ3n) is 3.79. The maximum atomic E-state index is 12.3. The van der Waals surface area contributed by atoms with E-state index in [0.717, 1.165) is 5.56 Å². The first kappa shape index (κ1) is 22.7. The second kappa shape index (κ2) is 9.75. The minimum atomic E-state index is -4.36. The molecule has 2 N–H and O–H groups in total. The molecular weight excluding hydrogens is 409 g/mol. The first-order valence-corrected chi connectivity index (χ1v) is 10.3. The molecule has 0 bridgehead atoms. The Balaban J connectivity index is 1.89. The number of carbonyl (C=O) groups is 1. The molecule has 10 heteroatoms. The van der Waals surface area contributed by atoms with Crippen LogP contribution in [0.1, 0.15) is 28.4 Å². The van der Waals surface area contributed by atoms with Gasteiger partial charge >= 0.3 is 6.18 Å². The van der Waals surface area contributed by atoms with Crippen molar-refractivity contribution in [2.75, 3.05) is 17.1 Å². The molecule has 0 aliphatic heterocycles. The molecule has 0 heterocycles. The van der Waals surface area contributed by atoms with Crippen LogP contribution in [0.3, 0.4) is 0 Å². The number of sulfonamides is 1. The summed E-state index contributed by atoms with van der Waals surface area (Å²) in [5.41, 5.74) is 1.92. The minimum Gasteiger partial charge on any atom is -0.367 e. The van der Waals surface area contributed by atoms with E-state index in [-0.39, 0.29) is 24.8 Å². The summed E-state index contributed by atoms with van der Waals surface area (Å²) in [6.07, 6.45) is -4.36. The van der Waals surface area contributed by atoms with Crippen molar-refractivity contribution in [1.29, 1.82) is 0 Å². The van der Waals surface area contributed by atoms with Gasteiger partial charge in [0.25, 0.3) is 5.91 Å². The van der Waals surface area contributed by atoms with Crippen LogP contribution in [-0.2, 0) is 27.9 Å². The lowest BCUT2D eigenvalue weighted by molar-refractivity contribution is -0.176. The highest BCUT2D eigenvalue weighted by Gasteiger charge is 2.27. The van der Waals surface area contributed by atoms with E-state index in [1.807, 2.05) is 0 Å². The second-order valence-corrected chi connectivity index (χ2v) is 8.20. The maximum Gasteiger partial charge on any atom is 0.411 e. The summed E-state index contributed by atoms with van der Waals surface area (Å²) in [6, 6.07) is 12.7. The molecule has 2 aromatic rings. The molecule has 0 spiro atoms. The second-order valence-electron chi connectivity index (χ2n) is 6.19. The highest BCUT2D eigenvalue weighted by Crippen LogP contribution is 2.16. The van der Waals surface area contributed by atoms with Crippen molar-refractivity contribution in [3.05, 3.63) is 65.2 Å². The van der Waals surface area contributed by atoms with Crippen molar-refractivity contribution in [3.63, 3.8) is 0 Å². The summed E-state index contributed by atoms with van der Waals surface area (Å²) in [4.78, 5) is 12.3. The Morgan fingerprint density at radius 1 is 1.07 bits per heavy atom. The lowest BCUT2D eigenvalue weighted by Gasteiger charge is -2.10. The molecule has 0 aromatic heterocycles. The normalized spacial score (nSPS) is 11.9. The fourth-order valence-electron chi connectivity index (χ4n) is 2.30. The van der Waals surface area contributed by atoms with Crippen LogP contribution in [0.5, 0.6) is 0 Å². The number of rotatable bonds is 9. The molecule has 0 unspecified atom stereocenters. The van der Waals surface area contributed by atoms with Gasteiger partial charge in [0.1, 0.15) is 6.61 Å². The van der Waals surface area contributed by atoms with Crippen LogP contribution in [-0.4, -0.2) is 32.9 Å². The number of carbonyl (C=O) groups excluding carboxylic acids is 1. The van der Waals surface area contributed by atoms with Crippen molar-refractivity contribution in [2.24, 2.45) is 0 Å². The molecule has 2 rings (SSSR count). The number of alkyl halides is 3. The van der Waals surface area contributed by atoms with Crippen molar-refractivity contribution in [1.82, 2.24) is 5.32 Å². The Hall–Kier alpha value is -2.59. The summed E-state index contributed by atoms with van der Waals surface area (Å²) in [7, 11) is -3.44. The fourth-order valence-corrected chi connectivity index (χ4v) is 2.93. The average molecular weight is 430 g/mol. The zero-order chi connectivity index (χ0) is 21.5. The van der Waals surface area contributed by atoms with Gasteiger partial charge < -0.3 is 10.1 Å². The highest BCUT2D eigenvalue weighted by molar-refractivity contribution is 7.92. The van der Waals surface area contributed by atoms with Crippen LogP contribution in [0.2, 0.25) is 0 Å². The number of nitrogens with one attached hydrogen (secondary N) is 2. The van der Waals surface area contributed by atoms with Crippen LogP contribution in [0.25, 0.3) is 0 Å². The highest BCUT2D eigenvalue weighted by atomic mass is 32.2. The summed E-state index contributed by atoms with van der Waals surface area (Å²) >= 11 is 0. The van der Waals surface area contributed by atoms with Crippen molar-refractivity contribution >= 4 is 21.6 Å². The molecule has 0 saturated carbocycles. The zero-order valence-electron chi connectivity index (χ0n) is 15.6. The number of anilines is 1. The molecule has 0 saturated heterocycles. The molecule has 2 aromatic carbocycles. The topological polar surface area (TPSA) is 84.5 Å². The monoisotopic (exact) mass is 430 g/mol. The van der Waals surface area contributed by atoms with Crippen molar-refractivity contribution in [3.8, 4) is 0 Å². The largest absolute Gasteiger partial charge is 0.411 e. The summed E-state index contributed by atoms with van der Waals surface area (Å²) < 4.78 is 66.4. The van der Waals surface area contributed by atoms with Gasteiger partial charge in [-0.05, 0) is 36.2 Å². The Morgan fingerprint density at radius 2 is 1.72 bits per heavy atom. The standard InChI is InChI=1S/C19H21F3N2O4S/c1-2-29(26,27)24-17-5-3-4-16(10-17)18(25)23-11-14-6-8-15(9-7-14)12-28-13-19(20,21)22/h3-10,24H,2,11-13H2,1H3,(H,23,25). The lowest BCUT2D eigenvalue weighted by atomic mass is 10.1. The van der Waals surface area contributed by atoms with Crippen molar-refractivity contribution in [2.45, 2.75) is 26.3 Å². The first-order chi connectivity index (χ1) is 13.6. The third-order valence-corrected chi connectivity index (χ3v) is 5.10. The Bertz CT molecular complexity index is 929. The van der Waals surface area contributed by atoms with Crippen LogP contribution < -0.4 is 10.0 Å². The SMILES string of the molecule is CCS(=O)(=O)Nc1cccc(C(=O)NCc2ccc(COCC(F)(F)F)cc2)c1. The molecule has 0 fully saturated rings. The van der Waals surface area contributed by atoms with E-state index in [9.17, 15) is 26.4 Å². The Labute approximate surface area is 167 Å². The van der Waals surface area contributed by atoms with E-state index >= 15 is 0 Å². The Morgan fingerprint density at radius 3 is 2.34 bits per heavy atom. The van der Waals surface area contributed by atoms with E-state index in [1.54, 1.807) is 42.5 Å². The van der Waals surface area contributed by atoms with Gasteiger partial charge in [-0.2, -0.15) is 13.2 Å². The molecule has 6 nitrogen and oxygen atoms in total. The van der Waals surface area contributed by atoms with Gasteiger partial charge in [-0.25, -0.2) is 8.42 Å². The zero-order valence-corrected chi connectivity index (χ0v) is 16.4. The molecule has 1 amide bonds. The van der Waals surface area contributed by atoms with Gasteiger partial charge in [0.2, 0.25) is 10.0 Å². The van der Waals surface area contributed by atoms with Gasteiger partial charge in [0, 0.05) is 17.8 Å². The quantitative estimate of drug-likeness (QED) is 0.638. The number of benzene rings is 2. The van der Waals surface area contributed by atoms with E-state index in [0.29, 0.717) is 16.8 Å². The molecule has 29 heavy (non-hydrogen) atoms. The number of ether oxygens (including phenoxy) is 1. The van der Waals surface area contributed by atoms with Crippen LogP contribution in [0.4, 0.5) is 18.9 Å². The van der Waals surface area contributed by atoms with Crippen LogP contribution in [0, 0.1) is 0 Å². The summed E-state index contributed by atoms with van der Waals surface area (Å²) in [5, 5.41) is 2.71. The molecule has 0 atom stereocenters. The van der Waals surface area contributed by atoms with Gasteiger partial charge in [0.15, 0.2) is 0 Å². The van der Waals surface area contributed by atoms with Crippen LogP contribution in [0.15, 0.2) is 48.5 Å². The average Bonchev–Trinajstić information content (AvgIpc) is 2.66. The summed E-state index contributed by atoms with van der Waals surface area (Å²) in [6.45, 7) is 0.241. The predicted molar refractivity (Wildman–Crippen MR) is 103 cm³/mol. The molecule has 0 aliphatic carbocycles.